The third-order valence-electron chi connectivity index (χ3n) is 5.68. The number of benzene rings is 1. The zero-order valence-electron chi connectivity index (χ0n) is 17.1. The van der Waals surface area contributed by atoms with E-state index in [1.54, 1.807) is 0 Å². The summed E-state index contributed by atoms with van der Waals surface area (Å²) < 4.78 is 1.95. The number of rotatable bonds is 5. The first-order chi connectivity index (χ1) is 13.5. The second-order valence-electron chi connectivity index (χ2n) is 7.74. The zero-order valence-corrected chi connectivity index (χ0v) is 17.1. The van der Waals surface area contributed by atoms with Crippen molar-refractivity contribution in [3.8, 4) is 11.1 Å². The molecule has 0 bridgehead atoms. The Morgan fingerprint density at radius 1 is 1.14 bits per heavy atom. The highest BCUT2D eigenvalue weighted by Crippen LogP contribution is 2.38. The van der Waals surface area contributed by atoms with Gasteiger partial charge in [-0.05, 0) is 31.9 Å². The molecule has 1 atom stereocenters. The molecule has 1 aliphatic rings. The molecule has 0 spiro atoms. The molecule has 28 heavy (non-hydrogen) atoms. The maximum absolute atomic E-state index is 5.00. The first kappa shape index (κ1) is 18.6. The van der Waals surface area contributed by atoms with Gasteiger partial charge in [-0.1, -0.05) is 30.3 Å². The third kappa shape index (κ3) is 3.52. The Bertz CT molecular complexity index is 947. The van der Waals surface area contributed by atoms with Crippen LogP contribution in [0.1, 0.15) is 35.8 Å². The van der Waals surface area contributed by atoms with Gasteiger partial charge >= 0.3 is 0 Å². The Hall–Kier alpha value is -2.73. The Morgan fingerprint density at radius 3 is 2.61 bits per heavy atom. The van der Waals surface area contributed by atoms with Gasteiger partial charge < -0.3 is 4.90 Å². The summed E-state index contributed by atoms with van der Waals surface area (Å²) >= 11 is 0. The summed E-state index contributed by atoms with van der Waals surface area (Å²) in [6.45, 7) is 4.12. The lowest BCUT2D eigenvalue weighted by Crippen LogP contribution is -2.25. The molecule has 1 fully saturated rings. The van der Waals surface area contributed by atoms with Crippen molar-refractivity contribution >= 4 is 5.95 Å². The smallest absolute Gasteiger partial charge is 0.225 e. The van der Waals surface area contributed by atoms with Crippen molar-refractivity contribution in [2.75, 3.05) is 25.5 Å². The Labute approximate surface area is 166 Å². The predicted octanol–water partition coefficient (Wildman–Crippen LogP) is 3.59. The van der Waals surface area contributed by atoms with E-state index in [4.69, 9.17) is 4.98 Å². The van der Waals surface area contributed by atoms with Gasteiger partial charge in [-0.15, -0.1) is 0 Å². The molecule has 0 saturated carbocycles. The van der Waals surface area contributed by atoms with Crippen molar-refractivity contribution < 1.29 is 0 Å². The predicted molar refractivity (Wildman–Crippen MR) is 112 cm³/mol. The molecule has 1 aromatic carbocycles. The minimum absolute atomic E-state index is 0.288. The molecule has 2 aromatic heterocycles. The van der Waals surface area contributed by atoms with Crippen LogP contribution in [0, 0.1) is 6.92 Å². The fourth-order valence-corrected chi connectivity index (χ4v) is 3.94. The van der Waals surface area contributed by atoms with Crippen molar-refractivity contribution in [3.05, 3.63) is 59.7 Å². The van der Waals surface area contributed by atoms with Gasteiger partial charge in [-0.3, -0.25) is 9.58 Å². The van der Waals surface area contributed by atoms with Gasteiger partial charge in [0.15, 0.2) is 0 Å². The van der Waals surface area contributed by atoms with Crippen LogP contribution in [0.4, 0.5) is 5.95 Å². The first-order valence-corrected chi connectivity index (χ1v) is 9.86. The van der Waals surface area contributed by atoms with Crippen LogP contribution in [0.2, 0.25) is 0 Å². The molecule has 4 rings (SSSR count). The lowest BCUT2D eigenvalue weighted by atomic mass is 9.99. The second-order valence-corrected chi connectivity index (χ2v) is 7.74. The molecular formula is C22H28N6. The number of anilines is 1. The lowest BCUT2D eigenvalue weighted by Gasteiger charge is -2.26. The van der Waals surface area contributed by atoms with Crippen LogP contribution in [0.25, 0.3) is 11.1 Å². The van der Waals surface area contributed by atoms with Crippen molar-refractivity contribution in [2.45, 2.75) is 32.4 Å². The quantitative estimate of drug-likeness (QED) is 0.681. The van der Waals surface area contributed by atoms with E-state index < -0.39 is 0 Å². The number of aromatic nitrogens is 4. The number of hydrogen-bond donors (Lipinski definition) is 0. The van der Waals surface area contributed by atoms with Crippen LogP contribution in [0.5, 0.6) is 0 Å². The Morgan fingerprint density at radius 2 is 1.93 bits per heavy atom. The molecule has 146 valence electrons. The zero-order chi connectivity index (χ0) is 19.7. The van der Waals surface area contributed by atoms with Crippen molar-refractivity contribution in [2.24, 2.45) is 7.05 Å². The largest absolute Gasteiger partial charge is 0.347 e. The van der Waals surface area contributed by atoms with E-state index in [0.29, 0.717) is 0 Å². The minimum atomic E-state index is 0.288. The molecule has 6 heteroatoms. The van der Waals surface area contributed by atoms with Gasteiger partial charge in [0.1, 0.15) is 0 Å². The number of aryl methyl sites for hydroxylation is 1. The van der Waals surface area contributed by atoms with Crippen LogP contribution in [-0.4, -0.2) is 45.3 Å². The van der Waals surface area contributed by atoms with Crippen LogP contribution >= 0.6 is 0 Å². The molecule has 0 N–H and O–H groups in total. The number of likely N-dealkylation sites (tertiary alicyclic amines) is 1. The lowest BCUT2D eigenvalue weighted by molar-refractivity contribution is 0.244. The van der Waals surface area contributed by atoms with Crippen LogP contribution in [0.3, 0.4) is 0 Å². The molecule has 3 heterocycles. The third-order valence-corrected chi connectivity index (χ3v) is 5.68. The van der Waals surface area contributed by atoms with Gasteiger partial charge in [0.25, 0.3) is 0 Å². The average Bonchev–Trinajstić information content (AvgIpc) is 3.30. The normalized spacial score (nSPS) is 17.2. The highest BCUT2D eigenvalue weighted by atomic mass is 15.3. The molecule has 6 nitrogen and oxygen atoms in total. The molecule has 0 unspecified atom stereocenters. The first-order valence-electron chi connectivity index (χ1n) is 9.86. The molecule has 0 radical (unpaired) electrons. The summed E-state index contributed by atoms with van der Waals surface area (Å²) in [5.41, 5.74) is 5.95. The monoisotopic (exact) mass is 376 g/mol. The van der Waals surface area contributed by atoms with Crippen LogP contribution in [-0.2, 0) is 13.6 Å². The Balaban J connectivity index is 1.73. The van der Waals surface area contributed by atoms with Crippen LogP contribution in [0.15, 0.2) is 42.7 Å². The fraction of sp³-hybridized carbons (Fsp3) is 0.409. The van der Waals surface area contributed by atoms with Gasteiger partial charge in [-0.2, -0.15) is 5.10 Å². The number of nitrogens with zero attached hydrogens (tertiary/aromatic N) is 6. The van der Waals surface area contributed by atoms with Crippen LogP contribution < -0.4 is 4.90 Å². The van der Waals surface area contributed by atoms with E-state index in [2.05, 4.69) is 46.2 Å². The molecule has 0 amide bonds. The highest BCUT2D eigenvalue weighted by Gasteiger charge is 2.30. The van der Waals surface area contributed by atoms with Gasteiger partial charge in [0.2, 0.25) is 5.95 Å². The average molecular weight is 377 g/mol. The van der Waals surface area contributed by atoms with Gasteiger partial charge in [-0.25, -0.2) is 9.97 Å². The van der Waals surface area contributed by atoms with Gasteiger partial charge in [0, 0.05) is 50.7 Å². The molecule has 1 saturated heterocycles. The van der Waals surface area contributed by atoms with E-state index in [1.807, 2.05) is 49.2 Å². The standard InChI is InChI=1S/C22H28N6/c1-16-18(13-24-27(16)4)15-28-12-8-11-20(28)21-19(17-9-6-5-7-10-17)14-23-22(25-21)26(2)3/h5-7,9-10,13-14,20H,8,11-12,15H2,1-4H3/t20-/m1/s1. The van der Waals surface area contributed by atoms with Crippen molar-refractivity contribution in [3.63, 3.8) is 0 Å². The van der Waals surface area contributed by atoms with Crippen molar-refractivity contribution in [1.29, 1.82) is 0 Å². The van der Waals surface area contributed by atoms with E-state index >= 15 is 0 Å². The molecular weight excluding hydrogens is 348 g/mol. The summed E-state index contributed by atoms with van der Waals surface area (Å²) in [5.74, 6) is 0.763. The summed E-state index contributed by atoms with van der Waals surface area (Å²) in [5, 5.41) is 4.42. The Kier molecular flexibility index (Phi) is 5.13. The molecule has 0 aliphatic carbocycles. The minimum Gasteiger partial charge on any atom is -0.347 e. The molecule has 1 aliphatic heterocycles. The van der Waals surface area contributed by atoms with Crippen molar-refractivity contribution in [1.82, 2.24) is 24.6 Å². The topological polar surface area (TPSA) is 50.1 Å². The summed E-state index contributed by atoms with van der Waals surface area (Å²) in [6.07, 6.45) is 6.27. The van der Waals surface area contributed by atoms with E-state index in [1.165, 1.54) is 23.2 Å². The van der Waals surface area contributed by atoms with E-state index in [0.717, 1.165) is 36.7 Å². The maximum atomic E-state index is 5.00. The second kappa shape index (κ2) is 7.72. The van der Waals surface area contributed by atoms with E-state index in [9.17, 15) is 0 Å². The SMILES string of the molecule is Cc1c(CN2CCC[C@@H]2c2nc(N(C)C)ncc2-c2ccccc2)cnn1C. The highest BCUT2D eigenvalue weighted by molar-refractivity contribution is 5.66. The summed E-state index contributed by atoms with van der Waals surface area (Å²) in [7, 11) is 5.99. The fourth-order valence-electron chi connectivity index (χ4n) is 3.94. The summed E-state index contributed by atoms with van der Waals surface area (Å²) in [4.78, 5) is 14.1. The van der Waals surface area contributed by atoms with E-state index in [-0.39, 0.29) is 6.04 Å². The summed E-state index contributed by atoms with van der Waals surface area (Å²) in [6, 6.07) is 10.8. The number of hydrogen-bond acceptors (Lipinski definition) is 5. The maximum Gasteiger partial charge on any atom is 0.225 e. The molecule has 3 aromatic rings. The van der Waals surface area contributed by atoms with Gasteiger partial charge in [0.05, 0.1) is 17.9 Å².